The van der Waals surface area contributed by atoms with Crippen LogP contribution in [0.2, 0.25) is 0 Å². The van der Waals surface area contributed by atoms with Crippen LogP contribution in [0, 0.1) is 0 Å². The van der Waals surface area contributed by atoms with Gasteiger partial charge in [-0.2, -0.15) is 0 Å². The van der Waals surface area contributed by atoms with Crippen LogP contribution in [0.15, 0.2) is 23.8 Å². The monoisotopic (exact) mass is 210 g/mol. The molecule has 0 atom stereocenters. The zero-order chi connectivity index (χ0) is 11.9. The highest BCUT2D eigenvalue weighted by Crippen LogP contribution is 1.94. The van der Waals surface area contributed by atoms with Gasteiger partial charge in [-0.25, -0.2) is 0 Å². The Kier molecular flexibility index (Phi) is 17.9. The van der Waals surface area contributed by atoms with Gasteiger partial charge in [-0.05, 0) is 33.1 Å². The highest BCUT2D eigenvalue weighted by molar-refractivity contribution is 4.92. The van der Waals surface area contributed by atoms with E-state index in [2.05, 4.69) is 52.8 Å². The van der Waals surface area contributed by atoms with Crippen molar-refractivity contribution in [2.45, 2.75) is 73.1 Å². The fraction of sp³-hybridized carbons (Fsp3) is 0.733. The van der Waals surface area contributed by atoms with E-state index in [0.29, 0.717) is 0 Å². The molecule has 0 amide bonds. The molecule has 0 N–H and O–H groups in total. The first kappa shape index (κ1) is 16.9. The SMILES string of the molecule is CCC/C=C/CCC.CCCC=C(C)C. The maximum Gasteiger partial charge on any atom is -0.0351 e. The average Bonchev–Trinajstić information content (AvgIpc) is 2.22. The third-order valence-electron chi connectivity index (χ3n) is 1.92. The molecule has 0 nitrogen and oxygen atoms in total. The van der Waals surface area contributed by atoms with Gasteiger partial charge >= 0.3 is 0 Å². The van der Waals surface area contributed by atoms with Crippen LogP contribution in [0.5, 0.6) is 0 Å². The van der Waals surface area contributed by atoms with Crippen LogP contribution in [0.1, 0.15) is 73.1 Å². The van der Waals surface area contributed by atoms with Crippen molar-refractivity contribution >= 4 is 0 Å². The molecule has 0 aromatic rings. The molecule has 15 heavy (non-hydrogen) atoms. The summed E-state index contributed by atoms with van der Waals surface area (Å²) in [7, 11) is 0. The summed E-state index contributed by atoms with van der Waals surface area (Å²) in [6.07, 6.45) is 14.4. The van der Waals surface area contributed by atoms with Crippen LogP contribution in [0.4, 0.5) is 0 Å². The second-order valence-electron chi connectivity index (χ2n) is 4.12. The zero-order valence-corrected chi connectivity index (χ0v) is 11.5. The number of allylic oxidation sites excluding steroid dienone is 4. The smallest absolute Gasteiger partial charge is 0.0351 e. The molecule has 0 rings (SSSR count). The molecule has 0 heterocycles. The Hall–Kier alpha value is -0.520. The van der Waals surface area contributed by atoms with Crippen molar-refractivity contribution in [2.75, 3.05) is 0 Å². The molecule has 0 unspecified atom stereocenters. The Morgan fingerprint density at radius 1 is 0.733 bits per heavy atom. The molecule has 0 spiro atoms. The van der Waals surface area contributed by atoms with Crippen molar-refractivity contribution in [2.24, 2.45) is 0 Å². The third kappa shape index (κ3) is 24.7. The van der Waals surface area contributed by atoms with Crippen LogP contribution in [0.3, 0.4) is 0 Å². The van der Waals surface area contributed by atoms with Crippen LogP contribution >= 0.6 is 0 Å². The Morgan fingerprint density at radius 2 is 1.13 bits per heavy atom. The molecular formula is C15H30. The van der Waals surface area contributed by atoms with Gasteiger partial charge in [-0.3, -0.25) is 0 Å². The van der Waals surface area contributed by atoms with E-state index in [-0.39, 0.29) is 0 Å². The maximum absolute atomic E-state index is 2.27. The Balaban J connectivity index is 0. The van der Waals surface area contributed by atoms with Gasteiger partial charge in [0.15, 0.2) is 0 Å². The molecule has 0 aromatic carbocycles. The van der Waals surface area contributed by atoms with E-state index < -0.39 is 0 Å². The van der Waals surface area contributed by atoms with E-state index >= 15 is 0 Å². The summed E-state index contributed by atoms with van der Waals surface area (Å²) in [5, 5.41) is 0. The lowest BCUT2D eigenvalue weighted by molar-refractivity contribution is 0.921. The predicted octanol–water partition coefficient (Wildman–Crippen LogP) is 5.90. The van der Waals surface area contributed by atoms with Gasteiger partial charge in [-0.1, -0.05) is 63.8 Å². The molecule has 0 fully saturated rings. The summed E-state index contributed by atoms with van der Waals surface area (Å²) in [6.45, 7) is 10.9. The van der Waals surface area contributed by atoms with Crippen molar-refractivity contribution in [1.82, 2.24) is 0 Å². The lowest BCUT2D eigenvalue weighted by Gasteiger charge is -1.85. The van der Waals surface area contributed by atoms with E-state index in [1.54, 1.807) is 0 Å². The highest BCUT2D eigenvalue weighted by atomic mass is 13.8. The normalized spacial score (nSPS) is 9.67. The molecule has 0 radical (unpaired) electrons. The summed E-state index contributed by atoms with van der Waals surface area (Å²) in [5.41, 5.74) is 1.43. The minimum Gasteiger partial charge on any atom is -0.0885 e. The number of hydrogen-bond donors (Lipinski definition) is 0. The molecule has 0 saturated carbocycles. The summed E-state index contributed by atoms with van der Waals surface area (Å²) in [6, 6.07) is 0. The van der Waals surface area contributed by atoms with E-state index in [4.69, 9.17) is 0 Å². The molecule has 0 heteroatoms. The molecule has 90 valence electrons. The van der Waals surface area contributed by atoms with Gasteiger partial charge in [0.2, 0.25) is 0 Å². The molecule has 0 saturated heterocycles. The van der Waals surface area contributed by atoms with Gasteiger partial charge < -0.3 is 0 Å². The van der Waals surface area contributed by atoms with Crippen molar-refractivity contribution in [3.63, 3.8) is 0 Å². The topological polar surface area (TPSA) is 0 Å². The van der Waals surface area contributed by atoms with Crippen LogP contribution < -0.4 is 0 Å². The quantitative estimate of drug-likeness (QED) is 0.479. The maximum atomic E-state index is 2.27. The Morgan fingerprint density at radius 3 is 1.33 bits per heavy atom. The van der Waals surface area contributed by atoms with Crippen LogP contribution in [-0.4, -0.2) is 0 Å². The Labute approximate surface area is 97.5 Å². The predicted molar refractivity (Wildman–Crippen MR) is 73.3 cm³/mol. The fourth-order valence-corrected chi connectivity index (χ4v) is 1.00. The minimum absolute atomic E-state index is 1.24. The second-order valence-corrected chi connectivity index (χ2v) is 4.12. The van der Waals surface area contributed by atoms with Gasteiger partial charge in [0, 0.05) is 0 Å². The lowest BCUT2D eigenvalue weighted by Crippen LogP contribution is -1.64. The van der Waals surface area contributed by atoms with Crippen molar-refractivity contribution < 1.29 is 0 Å². The van der Waals surface area contributed by atoms with Gasteiger partial charge in [0.25, 0.3) is 0 Å². The summed E-state index contributed by atoms with van der Waals surface area (Å²) in [5.74, 6) is 0. The fourth-order valence-electron chi connectivity index (χ4n) is 1.00. The first-order valence-corrected chi connectivity index (χ1v) is 6.47. The standard InChI is InChI=1S/C8H16.C7H14/c1-3-5-7-8-6-4-2;1-4-5-6-7(2)3/h7-8H,3-6H2,1-2H3;6H,4-5H2,1-3H3/b8-7+;. The van der Waals surface area contributed by atoms with Gasteiger partial charge in [0.05, 0.1) is 0 Å². The summed E-state index contributed by atoms with van der Waals surface area (Å²) >= 11 is 0. The van der Waals surface area contributed by atoms with Gasteiger partial charge in [-0.15, -0.1) is 0 Å². The molecule has 0 aliphatic heterocycles. The average molecular weight is 210 g/mol. The largest absolute Gasteiger partial charge is 0.0885 e. The van der Waals surface area contributed by atoms with E-state index in [0.717, 1.165) is 0 Å². The molecule has 0 bridgehead atoms. The van der Waals surface area contributed by atoms with E-state index in [1.165, 1.54) is 44.1 Å². The van der Waals surface area contributed by atoms with Crippen molar-refractivity contribution in [3.05, 3.63) is 23.8 Å². The van der Waals surface area contributed by atoms with E-state index in [9.17, 15) is 0 Å². The summed E-state index contributed by atoms with van der Waals surface area (Å²) < 4.78 is 0. The zero-order valence-electron chi connectivity index (χ0n) is 11.5. The molecule has 0 aromatic heterocycles. The molecule has 0 aliphatic carbocycles. The van der Waals surface area contributed by atoms with Crippen molar-refractivity contribution in [3.8, 4) is 0 Å². The lowest BCUT2D eigenvalue weighted by atomic mass is 10.2. The number of rotatable bonds is 6. The van der Waals surface area contributed by atoms with Gasteiger partial charge in [0.1, 0.15) is 0 Å². The highest BCUT2D eigenvalue weighted by Gasteiger charge is 1.73. The molecule has 0 aliphatic rings. The number of hydrogen-bond acceptors (Lipinski definition) is 0. The minimum atomic E-state index is 1.24. The first-order valence-electron chi connectivity index (χ1n) is 6.47. The Bertz CT molecular complexity index is 139. The second kappa shape index (κ2) is 15.9. The van der Waals surface area contributed by atoms with Crippen LogP contribution in [-0.2, 0) is 0 Å². The summed E-state index contributed by atoms with van der Waals surface area (Å²) in [4.78, 5) is 0. The first-order chi connectivity index (χ1) is 7.18. The third-order valence-corrected chi connectivity index (χ3v) is 1.92. The number of unbranched alkanes of at least 4 members (excludes halogenated alkanes) is 3. The van der Waals surface area contributed by atoms with Crippen LogP contribution in [0.25, 0.3) is 0 Å². The van der Waals surface area contributed by atoms with Crippen molar-refractivity contribution in [1.29, 1.82) is 0 Å². The van der Waals surface area contributed by atoms with E-state index in [1.807, 2.05) is 0 Å². The molecular weight excluding hydrogens is 180 g/mol.